The summed E-state index contributed by atoms with van der Waals surface area (Å²) in [5.74, 6) is -1.44. The van der Waals surface area contributed by atoms with E-state index in [2.05, 4.69) is 25.5 Å². The van der Waals surface area contributed by atoms with E-state index < -0.39 is 34.9 Å². The quantitative estimate of drug-likeness (QED) is 0.252. The Balaban J connectivity index is 1.08. The van der Waals surface area contributed by atoms with Gasteiger partial charge in [-0.3, -0.25) is 19.5 Å². The molecule has 10 nitrogen and oxygen atoms in total. The number of halogens is 4. The maximum absolute atomic E-state index is 14.3. The number of phenolic OH excluding ortho intramolecular Hbond substituents is 1. The number of rotatable bonds is 9. The molecule has 3 N–H and O–H groups in total. The number of morpholine rings is 1. The van der Waals surface area contributed by atoms with E-state index in [9.17, 15) is 32.3 Å². The molecule has 2 amide bonds. The second-order valence-electron chi connectivity index (χ2n) is 12.2. The van der Waals surface area contributed by atoms with Crippen LogP contribution in [0.1, 0.15) is 41.6 Å². The molecule has 260 valence electrons. The standard InChI is InChI=1S/C34H35F4N5O5S/c35-22-16-28(30(45)40-23-4-6-24(7-5-23)41-31(46)29-19-49-33(42-29)34(36,37)38)32(39-17-22)48-26-3-1-2-20(15-26)27-9-8-25(44)14-21(27)18-43-10-12-47-13-11-43/h1-3,8-9,14-17,23-24,29,44H,4-7,10-13,18-19H2,(H,40,45)(H,41,46)/t23-,24+,29?. The topological polar surface area (TPSA) is 125 Å². The number of pyridine rings is 1. The zero-order valence-electron chi connectivity index (χ0n) is 26.3. The first kappa shape index (κ1) is 34.6. The van der Waals surface area contributed by atoms with Crippen LogP contribution < -0.4 is 15.4 Å². The number of carbonyl (C=O) groups excluding carboxylic acids is 2. The average Bonchev–Trinajstić information content (AvgIpc) is 3.59. The van der Waals surface area contributed by atoms with Gasteiger partial charge in [-0.1, -0.05) is 30.0 Å². The van der Waals surface area contributed by atoms with E-state index in [4.69, 9.17) is 9.47 Å². The van der Waals surface area contributed by atoms with E-state index in [-0.39, 0.29) is 35.0 Å². The molecule has 0 spiro atoms. The van der Waals surface area contributed by atoms with E-state index in [1.165, 1.54) is 0 Å². The zero-order valence-corrected chi connectivity index (χ0v) is 27.2. The van der Waals surface area contributed by atoms with E-state index in [0.29, 0.717) is 63.0 Å². The number of phenols is 1. The minimum Gasteiger partial charge on any atom is -0.508 e. The van der Waals surface area contributed by atoms with Crippen LogP contribution in [-0.4, -0.2) is 88.2 Å². The number of aromatic nitrogens is 1. The monoisotopic (exact) mass is 701 g/mol. The molecule has 3 aromatic rings. The van der Waals surface area contributed by atoms with E-state index in [1.807, 2.05) is 12.1 Å². The molecule has 2 fully saturated rings. The molecule has 15 heteroatoms. The number of nitrogens with one attached hydrogen (secondary N) is 2. The fourth-order valence-corrected chi connectivity index (χ4v) is 7.02. The minimum atomic E-state index is -4.57. The Morgan fingerprint density at radius 3 is 2.47 bits per heavy atom. The van der Waals surface area contributed by atoms with Crippen LogP contribution in [0.25, 0.3) is 11.1 Å². The lowest BCUT2D eigenvalue weighted by atomic mass is 9.90. The smallest absolute Gasteiger partial charge is 0.439 e. The van der Waals surface area contributed by atoms with Crippen molar-refractivity contribution in [1.82, 2.24) is 20.5 Å². The van der Waals surface area contributed by atoms with Crippen molar-refractivity contribution in [2.24, 2.45) is 4.99 Å². The van der Waals surface area contributed by atoms with Crippen LogP contribution in [0.5, 0.6) is 17.4 Å². The molecule has 1 atom stereocenters. The fraction of sp³-hybridized carbons (Fsp3) is 0.412. The predicted octanol–water partition coefficient (Wildman–Crippen LogP) is 5.45. The molecule has 1 unspecified atom stereocenters. The molecular weight excluding hydrogens is 666 g/mol. The third-order valence-electron chi connectivity index (χ3n) is 8.61. The van der Waals surface area contributed by atoms with Crippen molar-refractivity contribution >= 4 is 28.6 Å². The summed E-state index contributed by atoms with van der Waals surface area (Å²) in [6.45, 7) is 3.46. The molecule has 0 radical (unpaired) electrons. The molecule has 3 heterocycles. The molecule has 3 aliphatic rings. The van der Waals surface area contributed by atoms with Crippen LogP contribution >= 0.6 is 11.8 Å². The number of carbonyl (C=O) groups is 2. The molecule has 1 saturated heterocycles. The van der Waals surface area contributed by atoms with Gasteiger partial charge in [-0.2, -0.15) is 13.2 Å². The molecule has 1 aliphatic carbocycles. The van der Waals surface area contributed by atoms with Gasteiger partial charge in [-0.25, -0.2) is 9.37 Å². The van der Waals surface area contributed by atoms with Crippen molar-refractivity contribution in [2.75, 3.05) is 32.1 Å². The van der Waals surface area contributed by atoms with Crippen molar-refractivity contribution in [3.05, 3.63) is 71.7 Å². The van der Waals surface area contributed by atoms with Gasteiger partial charge < -0.3 is 25.2 Å². The molecule has 49 heavy (non-hydrogen) atoms. The number of thioether (sulfide) groups is 1. The number of ether oxygens (including phenoxy) is 2. The summed E-state index contributed by atoms with van der Waals surface area (Å²) < 4.78 is 64.5. The largest absolute Gasteiger partial charge is 0.508 e. The van der Waals surface area contributed by atoms with Crippen LogP contribution in [-0.2, 0) is 16.1 Å². The second-order valence-corrected chi connectivity index (χ2v) is 13.2. The highest BCUT2D eigenvalue weighted by atomic mass is 32.2. The van der Waals surface area contributed by atoms with Crippen LogP contribution in [0.3, 0.4) is 0 Å². The number of hydrogen-bond acceptors (Lipinski definition) is 9. The Kier molecular flexibility index (Phi) is 10.7. The van der Waals surface area contributed by atoms with Gasteiger partial charge in [0.15, 0.2) is 5.04 Å². The second kappa shape index (κ2) is 15.1. The fourth-order valence-electron chi connectivity index (χ4n) is 6.11. The normalized spacial score (nSPS) is 21.6. The summed E-state index contributed by atoms with van der Waals surface area (Å²) in [4.78, 5) is 35.7. The first-order chi connectivity index (χ1) is 23.5. The van der Waals surface area contributed by atoms with Gasteiger partial charge >= 0.3 is 6.18 Å². The summed E-state index contributed by atoms with van der Waals surface area (Å²) in [6, 6.07) is 11.8. The number of benzene rings is 2. The summed E-state index contributed by atoms with van der Waals surface area (Å²) in [5.41, 5.74) is 2.55. The van der Waals surface area contributed by atoms with Crippen LogP contribution in [0.15, 0.2) is 59.7 Å². The first-order valence-electron chi connectivity index (χ1n) is 16.0. The van der Waals surface area contributed by atoms with Gasteiger partial charge in [0.2, 0.25) is 11.8 Å². The lowest BCUT2D eigenvalue weighted by molar-refractivity contribution is -0.122. The number of aromatic hydroxyl groups is 1. The SMILES string of the molecule is O=C(N[C@H]1CC[C@@H](NC(=O)C2CSC(C(F)(F)F)=N2)CC1)c1cc(F)cnc1Oc1cccc(-c2ccc(O)cc2CN2CCOCC2)c1. The highest BCUT2D eigenvalue weighted by Crippen LogP contribution is 2.34. The van der Waals surface area contributed by atoms with Crippen molar-refractivity contribution in [3.8, 4) is 28.5 Å². The molecular formula is C34H35F4N5O5S. The van der Waals surface area contributed by atoms with Crippen molar-refractivity contribution in [2.45, 2.75) is 56.5 Å². The Hall–Kier alpha value is -4.21. The molecule has 2 aromatic carbocycles. The lowest BCUT2D eigenvalue weighted by Crippen LogP contribution is -2.46. The maximum Gasteiger partial charge on any atom is 0.439 e. The van der Waals surface area contributed by atoms with Gasteiger partial charge in [-0.05, 0) is 72.7 Å². The van der Waals surface area contributed by atoms with E-state index in [0.717, 1.165) is 42.0 Å². The van der Waals surface area contributed by atoms with E-state index >= 15 is 0 Å². The number of hydrogen-bond donors (Lipinski definition) is 3. The van der Waals surface area contributed by atoms with Crippen LogP contribution in [0, 0.1) is 5.82 Å². The molecule has 0 bridgehead atoms. The van der Waals surface area contributed by atoms with Gasteiger partial charge in [0.05, 0.1) is 19.4 Å². The third-order valence-corrected chi connectivity index (χ3v) is 9.71. The zero-order chi connectivity index (χ0) is 34.5. The van der Waals surface area contributed by atoms with Gasteiger partial charge in [0, 0.05) is 37.5 Å². The number of aliphatic imine (C=N–C) groups is 1. The average molecular weight is 702 g/mol. The Bertz CT molecular complexity index is 1710. The molecule has 6 rings (SSSR count). The van der Waals surface area contributed by atoms with Crippen molar-refractivity contribution in [1.29, 1.82) is 0 Å². The third kappa shape index (κ3) is 8.88. The molecule has 1 aromatic heterocycles. The Labute approximate surface area is 284 Å². The van der Waals surface area contributed by atoms with Crippen LogP contribution in [0.2, 0.25) is 0 Å². The molecule has 2 aliphatic heterocycles. The summed E-state index contributed by atoms with van der Waals surface area (Å²) >= 11 is 0.523. The maximum atomic E-state index is 14.3. The van der Waals surface area contributed by atoms with E-state index in [1.54, 1.807) is 30.3 Å². The van der Waals surface area contributed by atoms with Gasteiger partial charge in [0.25, 0.3) is 5.91 Å². The first-order valence-corrected chi connectivity index (χ1v) is 17.0. The Morgan fingerprint density at radius 1 is 1.02 bits per heavy atom. The van der Waals surface area contributed by atoms with Crippen molar-refractivity contribution < 1.29 is 41.7 Å². The highest BCUT2D eigenvalue weighted by molar-refractivity contribution is 8.14. The van der Waals surface area contributed by atoms with Gasteiger partial charge in [-0.15, -0.1) is 0 Å². The van der Waals surface area contributed by atoms with Crippen LogP contribution in [0.4, 0.5) is 17.6 Å². The van der Waals surface area contributed by atoms with Crippen molar-refractivity contribution in [3.63, 3.8) is 0 Å². The highest BCUT2D eigenvalue weighted by Gasteiger charge is 2.42. The number of nitrogens with zero attached hydrogens (tertiary/aromatic N) is 3. The lowest BCUT2D eigenvalue weighted by Gasteiger charge is -2.30. The number of alkyl halides is 3. The number of amides is 2. The summed E-state index contributed by atoms with van der Waals surface area (Å²) in [6.07, 6.45) is -1.62. The molecule has 1 saturated carbocycles. The van der Waals surface area contributed by atoms with Gasteiger partial charge in [0.1, 0.15) is 28.9 Å². The summed E-state index contributed by atoms with van der Waals surface area (Å²) in [5, 5.41) is 14.9. The minimum absolute atomic E-state index is 0.0603. The summed E-state index contributed by atoms with van der Waals surface area (Å²) in [7, 11) is 0. The Morgan fingerprint density at radius 2 is 1.76 bits per heavy atom. The predicted molar refractivity (Wildman–Crippen MR) is 175 cm³/mol.